The number of thiophene rings is 1. The van der Waals surface area contributed by atoms with Crippen LogP contribution >= 0.6 is 22.9 Å². The molecule has 1 heterocycles. The highest BCUT2D eigenvalue weighted by Crippen LogP contribution is 2.12. The molecule has 0 N–H and O–H groups in total. The molecule has 1 rings (SSSR count). The lowest BCUT2D eigenvalue weighted by molar-refractivity contribution is -0.130. The molecule has 0 aromatic carbocycles. The van der Waals surface area contributed by atoms with Crippen LogP contribution in [-0.2, 0) is 16.0 Å². The first-order valence-electron chi connectivity index (χ1n) is 6.14. The number of alkyl halides is 1. The van der Waals surface area contributed by atoms with E-state index in [1.54, 1.807) is 16.2 Å². The fraction of sp³-hybridized carbons (Fsp3) is 0.615. The van der Waals surface area contributed by atoms with E-state index in [9.17, 15) is 4.79 Å². The van der Waals surface area contributed by atoms with Crippen LogP contribution in [0.25, 0.3) is 0 Å². The maximum Gasteiger partial charge on any atom is 0.222 e. The number of nitrogens with zero attached hydrogens (tertiary/aromatic N) is 1. The number of carbonyl (C=O) groups excluding carboxylic acids is 1. The predicted octanol–water partition coefficient (Wildman–Crippen LogP) is 2.78. The third-order valence-electron chi connectivity index (χ3n) is 2.61. The third-order valence-corrected chi connectivity index (χ3v) is 3.70. The van der Waals surface area contributed by atoms with E-state index in [-0.39, 0.29) is 5.91 Å². The van der Waals surface area contributed by atoms with Gasteiger partial charge in [-0.25, -0.2) is 0 Å². The number of likely N-dealkylation sites (N-methyl/N-ethyl adjacent to an activating group) is 1. The molecule has 0 aliphatic heterocycles. The number of carbonyl (C=O) groups is 1. The van der Waals surface area contributed by atoms with Crippen LogP contribution in [0.4, 0.5) is 0 Å². The molecule has 5 heteroatoms. The van der Waals surface area contributed by atoms with E-state index < -0.39 is 0 Å². The van der Waals surface area contributed by atoms with Crippen LogP contribution in [0.2, 0.25) is 0 Å². The van der Waals surface area contributed by atoms with Gasteiger partial charge in [0.05, 0.1) is 13.2 Å². The van der Waals surface area contributed by atoms with Crippen LogP contribution in [0.15, 0.2) is 17.5 Å². The Hall–Kier alpha value is -0.580. The van der Waals surface area contributed by atoms with Crippen LogP contribution in [-0.4, -0.2) is 43.5 Å². The van der Waals surface area contributed by atoms with Gasteiger partial charge >= 0.3 is 0 Å². The van der Waals surface area contributed by atoms with Gasteiger partial charge in [-0.15, -0.1) is 22.9 Å². The molecular formula is C13H20ClNO2S. The summed E-state index contributed by atoms with van der Waals surface area (Å²) in [7, 11) is 1.82. The normalized spacial score (nSPS) is 10.6. The Balaban J connectivity index is 2.08. The average Bonchev–Trinajstić information content (AvgIpc) is 2.87. The smallest absolute Gasteiger partial charge is 0.222 e. The molecule has 18 heavy (non-hydrogen) atoms. The lowest BCUT2D eigenvalue weighted by atomic mass is 10.2. The van der Waals surface area contributed by atoms with Crippen molar-refractivity contribution in [2.24, 2.45) is 0 Å². The Kier molecular flexibility index (Phi) is 8.05. The molecule has 0 aliphatic carbocycles. The van der Waals surface area contributed by atoms with Crippen molar-refractivity contribution < 1.29 is 9.53 Å². The van der Waals surface area contributed by atoms with E-state index in [0.29, 0.717) is 32.1 Å². The summed E-state index contributed by atoms with van der Waals surface area (Å²) < 4.78 is 5.24. The standard InChI is InChI=1S/C13H20ClNO2S/c1-15(8-10-17-9-7-14)13(16)6-2-4-12-5-3-11-18-12/h3,5,11H,2,4,6-10H2,1H3. The fourth-order valence-electron chi connectivity index (χ4n) is 1.54. The monoisotopic (exact) mass is 289 g/mol. The zero-order chi connectivity index (χ0) is 13.2. The number of hydrogen-bond donors (Lipinski definition) is 0. The van der Waals surface area contributed by atoms with Crippen LogP contribution in [0.5, 0.6) is 0 Å². The maximum absolute atomic E-state index is 11.8. The summed E-state index contributed by atoms with van der Waals surface area (Å²) in [4.78, 5) is 14.9. The molecule has 1 aromatic rings. The molecule has 0 unspecified atom stereocenters. The summed E-state index contributed by atoms with van der Waals surface area (Å²) in [5.74, 6) is 0.680. The van der Waals surface area contributed by atoms with Gasteiger partial charge in [-0.2, -0.15) is 0 Å². The van der Waals surface area contributed by atoms with Gasteiger partial charge in [-0.3, -0.25) is 4.79 Å². The molecule has 1 amide bonds. The molecule has 1 aromatic heterocycles. The van der Waals surface area contributed by atoms with E-state index in [4.69, 9.17) is 16.3 Å². The Labute approximate surface area is 118 Å². The molecule has 0 saturated heterocycles. The van der Waals surface area contributed by atoms with Crippen LogP contribution in [0.1, 0.15) is 17.7 Å². The van der Waals surface area contributed by atoms with Crippen molar-refractivity contribution in [1.29, 1.82) is 0 Å². The average molecular weight is 290 g/mol. The minimum atomic E-state index is 0.182. The van der Waals surface area contributed by atoms with Gasteiger partial charge in [0.2, 0.25) is 5.91 Å². The quantitative estimate of drug-likeness (QED) is 0.517. The van der Waals surface area contributed by atoms with Gasteiger partial charge in [0.15, 0.2) is 0 Å². The zero-order valence-corrected chi connectivity index (χ0v) is 12.3. The highest BCUT2D eigenvalue weighted by molar-refractivity contribution is 7.09. The Morgan fingerprint density at radius 3 is 3.00 bits per heavy atom. The SMILES string of the molecule is CN(CCOCCCl)C(=O)CCCc1cccs1. The highest BCUT2D eigenvalue weighted by atomic mass is 35.5. The molecule has 0 radical (unpaired) electrons. The molecule has 102 valence electrons. The first-order valence-corrected chi connectivity index (χ1v) is 7.55. The van der Waals surface area contributed by atoms with Gasteiger partial charge in [-0.1, -0.05) is 6.07 Å². The second-order valence-corrected chi connectivity index (χ2v) is 5.46. The van der Waals surface area contributed by atoms with Crippen LogP contribution < -0.4 is 0 Å². The minimum absolute atomic E-state index is 0.182. The first-order chi connectivity index (χ1) is 8.74. The Morgan fingerprint density at radius 2 is 2.33 bits per heavy atom. The van der Waals surface area contributed by atoms with Gasteiger partial charge in [0, 0.05) is 30.8 Å². The van der Waals surface area contributed by atoms with Gasteiger partial charge in [0.25, 0.3) is 0 Å². The third kappa shape index (κ3) is 6.38. The van der Waals surface area contributed by atoms with Gasteiger partial charge in [0.1, 0.15) is 0 Å². The summed E-state index contributed by atoms with van der Waals surface area (Å²) >= 11 is 7.24. The zero-order valence-electron chi connectivity index (χ0n) is 10.7. The maximum atomic E-state index is 11.8. The Morgan fingerprint density at radius 1 is 1.50 bits per heavy atom. The lowest BCUT2D eigenvalue weighted by Gasteiger charge is -2.16. The molecule has 0 aliphatic rings. The number of halogens is 1. The number of amides is 1. The van der Waals surface area contributed by atoms with E-state index in [1.165, 1.54) is 4.88 Å². The predicted molar refractivity (Wildman–Crippen MR) is 76.4 cm³/mol. The number of ether oxygens (including phenoxy) is 1. The summed E-state index contributed by atoms with van der Waals surface area (Å²) in [5, 5.41) is 2.07. The van der Waals surface area contributed by atoms with Crippen LogP contribution in [0, 0.1) is 0 Å². The van der Waals surface area contributed by atoms with E-state index >= 15 is 0 Å². The van der Waals surface area contributed by atoms with Crippen molar-refractivity contribution in [3.8, 4) is 0 Å². The lowest BCUT2D eigenvalue weighted by Crippen LogP contribution is -2.30. The first kappa shape index (κ1) is 15.5. The van der Waals surface area contributed by atoms with Crippen molar-refractivity contribution in [2.45, 2.75) is 19.3 Å². The second-order valence-electron chi connectivity index (χ2n) is 4.05. The van der Waals surface area contributed by atoms with E-state index in [0.717, 1.165) is 12.8 Å². The molecule has 0 fully saturated rings. The topological polar surface area (TPSA) is 29.5 Å². The fourth-order valence-corrected chi connectivity index (χ4v) is 2.40. The highest BCUT2D eigenvalue weighted by Gasteiger charge is 2.08. The number of rotatable bonds is 9. The second kappa shape index (κ2) is 9.36. The molecule has 0 bridgehead atoms. The largest absolute Gasteiger partial charge is 0.378 e. The van der Waals surface area contributed by atoms with E-state index in [1.807, 2.05) is 13.1 Å². The Bertz CT molecular complexity index is 330. The summed E-state index contributed by atoms with van der Waals surface area (Å²) in [6.07, 6.45) is 2.50. The van der Waals surface area contributed by atoms with Crippen LogP contribution in [0.3, 0.4) is 0 Å². The van der Waals surface area contributed by atoms with Gasteiger partial charge < -0.3 is 9.64 Å². The van der Waals surface area contributed by atoms with Crippen molar-refractivity contribution in [2.75, 3.05) is 32.7 Å². The van der Waals surface area contributed by atoms with Crippen molar-refractivity contribution >= 4 is 28.8 Å². The number of aryl methyl sites for hydroxylation is 1. The van der Waals surface area contributed by atoms with E-state index in [2.05, 4.69) is 11.4 Å². The number of hydrogen-bond acceptors (Lipinski definition) is 3. The summed E-state index contributed by atoms with van der Waals surface area (Å²) in [5.41, 5.74) is 0. The minimum Gasteiger partial charge on any atom is -0.378 e. The molecule has 0 spiro atoms. The summed E-state index contributed by atoms with van der Waals surface area (Å²) in [6, 6.07) is 4.15. The molecule has 0 atom stereocenters. The molecule has 3 nitrogen and oxygen atoms in total. The summed E-state index contributed by atoms with van der Waals surface area (Å²) in [6.45, 7) is 1.73. The molecule has 0 saturated carbocycles. The van der Waals surface area contributed by atoms with Crippen molar-refractivity contribution in [1.82, 2.24) is 4.90 Å². The van der Waals surface area contributed by atoms with Crippen molar-refractivity contribution in [3.05, 3.63) is 22.4 Å². The van der Waals surface area contributed by atoms with Crippen molar-refractivity contribution in [3.63, 3.8) is 0 Å². The molecular weight excluding hydrogens is 270 g/mol. The van der Waals surface area contributed by atoms with Gasteiger partial charge in [-0.05, 0) is 24.3 Å².